The van der Waals surface area contributed by atoms with Crippen LogP contribution >= 0.6 is 24.0 Å². The number of benzene rings is 1. The molecule has 1 unspecified atom stereocenters. The van der Waals surface area contributed by atoms with Gasteiger partial charge in [-0.1, -0.05) is 31.4 Å². The number of non-ortho nitro benzene ring substituents is 1. The Morgan fingerprint density at radius 3 is 2.53 bits per heavy atom. The van der Waals surface area contributed by atoms with E-state index in [0.29, 0.717) is 5.91 Å². The maximum absolute atomic E-state index is 12.7. The molecule has 1 amide bonds. The fourth-order valence-corrected chi connectivity index (χ4v) is 4.52. The number of aliphatic imine (C=N–C) groups is 1. The molecular formula is C23H36IN5O3. The largest absolute Gasteiger partial charge is 0.356 e. The van der Waals surface area contributed by atoms with Crippen LogP contribution < -0.4 is 10.6 Å². The van der Waals surface area contributed by atoms with Crippen molar-refractivity contribution in [2.75, 3.05) is 26.7 Å². The second-order valence-corrected chi connectivity index (χ2v) is 8.63. The van der Waals surface area contributed by atoms with Gasteiger partial charge in [-0.25, -0.2) is 0 Å². The van der Waals surface area contributed by atoms with Crippen molar-refractivity contribution in [3.05, 3.63) is 39.9 Å². The SMILES string of the molecule is CN=C(NCCCCc1ccc([N+](=O)[O-])cc1)NC1CCN(C(=O)C2CCCCC2)C1.I. The average molecular weight is 557 g/mol. The summed E-state index contributed by atoms with van der Waals surface area (Å²) in [6.07, 6.45) is 9.58. The molecule has 32 heavy (non-hydrogen) atoms. The number of nitro benzene ring substituents is 1. The number of hydrogen-bond donors (Lipinski definition) is 2. The molecule has 1 aliphatic heterocycles. The number of aryl methyl sites for hydroxylation is 1. The van der Waals surface area contributed by atoms with Gasteiger partial charge in [0.15, 0.2) is 5.96 Å². The monoisotopic (exact) mass is 557 g/mol. The van der Waals surface area contributed by atoms with E-state index < -0.39 is 0 Å². The molecule has 2 fully saturated rings. The second kappa shape index (κ2) is 13.6. The summed E-state index contributed by atoms with van der Waals surface area (Å²) in [4.78, 5) is 29.4. The first kappa shape index (κ1) is 26.3. The van der Waals surface area contributed by atoms with Gasteiger partial charge in [-0.3, -0.25) is 19.9 Å². The number of unbranched alkanes of at least 4 members (excludes halogenated alkanes) is 1. The minimum atomic E-state index is -0.373. The van der Waals surface area contributed by atoms with Crippen LogP contribution in [0.25, 0.3) is 0 Å². The zero-order valence-corrected chi connectivity index (χ0v) is 21.3. The Morgan fingerprint density at radius 2 is 1.88 bits per heavy atom. The number of nitrogens with one attached hydrogen (secondary N) is 2. The predicted octanol–water partition coefficient (Wildman–Crippen LogP) is 3.88. The molecule has 1 saturated carbocycles. The number of halogens is 1. The molecule has 0 bridgehead atoms. The highest BCUT2D eigenvalue weighted by Crippen LogP contribution is 2.26. The number of amides is 1. The smallest absolute Gasteiger partial charge is 0.269 e. The zero-order valence-electron chi connectivity index (χ0n) is 18.9. The fourth-order valence-electron chi connectivity index (χ4n) is 4.52. The number of rotatable bonds is 8. The highest BCUT2D eigenvalue weighted by Gasteiger charge is 2.31. The van der Waals surface area contributed by atoms with Gasteiger partial charge in [0.05, 0.1) is 4.92 Å². The molecule has 9 heteroatoms. The Hall–Kier alpha value is -1.91. The molecule has 2 aliphatic rings. The first-order valence-electron chi connectivity index (χ1n) is 11.6. The van der Waals surface area contributed by atoms with E-state index in [1.54, 1.807) is 19.2 Å². The summed E-state index contributed by atoms with van der Waals surface area (Å²) in [6.45, 7) is 2.40. The van der Waals surface area contributed by atoms with E-state index in [0.717, 1.165) is 69.7 Å². The third kappa shape index (κ3) is 7.90. The predicted molar refractivity (Wildman–Crippen MR) is 138 cm³/mol. The van der Waals surface area contributed by atoms with Crippen LogP contribution in [0.15, 0.2) is 29.3 Å². The van der Waals surface area contributed by atoms with E-state index in [2.05, 4.69) is 15.6 Å². The Morgan fingerprint density at radius 1 is 1.16 bits per heavy atom. The fraction of sp³-hybridized carbons (Fsp3) is 0.652. The number of guanidine groups is 1. The first-order chi connectivity index (χ1) is 15.1. The Kier molecular flexibility index (Phi) is 11.2. The van der Waals surface area contributed by atoms with Gasteiger partial charge in [-0.05, 0) is 44.1 Å². The van der Waals surface area contributed by atoms with E-state index >= 15 is 0 Å². The quantitative estimate of drug-likeness (QED) is 0.126. The van der Waals surface area contributed by atoms with Crippen LogP contribution in [-0.4, -0.2) is 54.4 Å². The molecule has 1 saturated heterocycles. The van der Waals surface area contributed by atoms with Gasteiger partial charge in [-0.2, -0.15) is 0 Å². The molecule has 1 aliphatic carbocycles. The topological polar surface area (TPSA) is 99.9 Å². The van der Waals surface area contributed by atoms with Gasteiger partial charge in [0.1, 0.15) is 0 Å². The Balaban J connectivity index is 0.00000363. The molecule has 0 radical (unpaired) electrons. The lowest BCUT2D eigenvalue weighted by molar-refractivity contribution is -0.384. The lowest BCUT2D eigenvalue weighted by Gasteiger charge is -2.26. The van der Waals surface area contributed by atoms with Crippen molar-refractivity contribution >= 4 is 41.5 Å². The summed E-state index contributed by atoms with van der Waals surface area (Å²) in [5, 5.41) is 17.5. The first-order valence-corrected chi connectivity index (χ1v) is 11.6. The summed E-state index contributed by atoms with van der Waals surface area (Å²) < 4.78 is 0. The molecular weight excluding hydrogens is 521 g/mol. The van der Waals surface area contributed by atoms with Gasteiger partial charge in [0.25, 0.3) is 5.69 Å². The number of hydrogen-bond acceptors (Lipinski definition) is 4. The van der Waals surface area contributed by atoms with Crippen molar-refractivity contribution in [3.8, 4) is 0 Å². The summed E-state index contributed by atoms with van der Waals surface area (Å²) in [7, 11) is 1.77. The summed E-state index contributed by atoms with van der Waals surface area (Å²) in [6, 6.07) is 7.02. The van der Waals surface area contributed by atoms with E-state index in [4.69, 9.17) is 0 Å². The van der Waals surface area contributed by atoms with Gasteiger partial charge < -0.3 is 15.5 Å². The van der Waals surface area contributed by atoms with Crippen LogP contribution in [0.1, 0.15) is 56.9 Å². The molecule has 0 spiro atoms. The molecule has 1 heterocycles. The summed E-state index contributed by atoms with van der Waals surface area (Å²) >= 11 is 0. The van der Waals surface area contributed by atoms with E-state index in [-0.39, 0.29) is 46.5 Å². The van der Waals surface area contributed by atoms with Gasteiger partial charge in [-0.15, -0.1) is 24.0 Å². The van der Waals surface area contributed by atoms with Crippen LogP contribution in [0, 0.1) is 16.0 Å². The summed E-state index contributed by atoms with van der Waals surface area (Å²) in [5.41, 5.74) is 1.24. The normalized spacial score (nSPS) is 19.3. The number of likely N-dealkylation sites (tertiary alicyclic amines) is 1. The summed E-state index contributed by atoms with van der Waals surface area (Å²) in [5.74, 6) is 1.37. The van der Waals surface area contributed by atoms with Crippen molar-refractivity contribution < 1.29 is 9.72 Å². The average Bonchev–Trinajstić information content (AvgIpc) is 3.27. The minimum absolute atomic E-state index is 0. The minimum Gasteiger partial charge on any atom is -0.356 e. The molecule has 8 nitrogen and oxygen atoms in total. The van der Waals surface area contributed by atoms with Gasteiger partial charge in [0, 0.05) is 50.8 Å². The van der Waals surface area contributed by atoms with Crippen molar-refractivity contribution in [1.29, 1.82) is 0 Å². The zero-order chi connectivity index (χ0) is 22.1. The van der Waals surface area contributed by atoms with Crippen LogP contribution in [-0.2, 0) is 11.2 Å². The lowest BCUT2D eigenvalue weighted by atomic mass is 9.88. The molecule has 2 N–H and O–H groups in total. The van der Waals surface area contributed by atoms with E-state index in [9.17, 15) is 14.9 Å². The van der Waals surface area contributed by atoms with Crippen molar-refractivity contribution in [1.82, 2.24) is 15.5 Å². The van der Waals surface area contributed by atoms with E-state index in [1.807, 2.05) is 17.0 Å². The third-order valence-electron chi connectivity index (χ3n) is 6.35. The van der Waals surface area contributed by atoms with Crippen molar-refractivity contribution in [2.45, 2.75) is 63.8 Å². The third-order valence-corrected chi connectivity index (χ3v) is 6.35. The number of nitro groups is 1. The van der Waals surface area contributed by atoms with Gasteiger partial charge >= 0.3 is 0 Å². The Labute approximate surface area is 207 Å². The number of carbonyl (C=O) groups is 1. The lowest BCUT2D eigenvalue weighted by Crippen LogP contribution is -2.45. The van der Waals surface area contributed by atoms with Gasteiger partial charge in [0.2, 0.25) is 5.91 Å². The van der Waals surface area contributed by atoms with Crippen molar-refractivity contribution in [3.63, 3.8) is 0 Å². The van der Waals surface area contributed by atoms with Crippen LogP contribution in [0.4, 0.5) is 5.69 Å². The van der Waals surface area contributed by atoms with Crippen LogP contribution in [0.2, 0.25) is 0 Å². The number of carbonyl (C=O) groups excluding carboxylic acids is 1. The highest BCUT2D eigenvalue weighted by atomic mass is 127. The van der Waals surface area contributed by atoms with Crippen molar-refractivity contribution in [2.24, 2.45) is 10.9 Å². The van der Waals surface area contributed by atoms with Crippen LogP contribution in [0.5, 0.6) is 0 Å². The van der Waals surface area contributed by atoms with E-state index in [1.165, 1.54) is 19.3 Å². The number of nitrogens with zero attached hydrogens (tertiary/aromatic N) is 3. The highest BCUT2D eigenvalue weighted by molar-refractivity contribution is 14.0. The maximum atomic E-state index is 12.7. The molecule has 178 valence electrons. The molecule has 3 rings (SSSR count). The molecule has 1 aromatic rings. The maximum Gasteiger partial charge on any atom is 0.269 e. The molecule has 1 aromatic carbocycles. The standard InChI is InChI=1S/C23H35N5O3.HI/c1-24-23(25-15-6-5-7-18-10-12-21(13-11-18)28(30)31)26-20-14-16-27(17-20)22(29)19-8-3-2-4-9-19;/h10-13,19-20H,2-9,14-17H2,1H3,(H2,24,25,26);1H. The molecule has 0 aromatic heterocycles. The Bertz CT molecular complexity index is 765. The second-order valence-electron chi connectivity index (χ2n) is 8.63. The molecule has 1 atom stereocenters. The van der Waals surface area contributed by atoms with Crippen LogP contribution in [0.3, 0.4) is 0 Å².